The van der Waals surface area contributed by atoms with Crippen LogP contribution in [-0.4, -0.2) is 59.3 Å². The van der Waals surface area contributed by atoms with Gasteiger partial charge in [-0.3, -0.25) is 19.2 Å². The second kappa shape index (κ2) is 20.3. The van der Waals surface area contributed by atoms with E-state index in [0.717, 1.165) is 19.3 Å². The molecular formula is C31H50Cl2N2O4. The normalized spacial score (nSPS) is 13.9. The molecule has 0 fully saturated rings. The fourth-order valence-electron chi connectivity index (χ4n) is 5.12. The highest BCUT2D eigenvalue weighted by molar-refractivity contribution is 6.63. The molecule has 0 unspecified atom stereocenters. The molecule has 0 saturated carbocycles. The summed E-state index contributed by atoms with van der Waals surface area (Å²) in [7, 11) is 3.03. The molecule has 0 radical (unpaired) electrons. The summed E-state index contributed by atoms with van der Waals surface area (Å²) in [5, 5.41) is -1.37. The van der Waals surface area contributed by atoms with Gasteiger partial charge in [0.1, 0.15) is 0 Å². The lowest BCUT2D eigenvalue weighted by molar-refractivity contribution is -0.117. The smallest absolute Gasteiger partial charge is 0.316 e. The van der Waals surface area contributed by atoms with E-state index < -0.39 is 10.7 Å². The summed E-state index contributed by atoms with van der Waals surface area (Å²) in [5.41, 5.74) is 1.52. The molecule has 0 atom stereocenters. The molecule has 0 aromatic rings. The number of ketones is 2. The maximum absolute atomic E-state index is 13.7. The zero-order valence-corrected chi connectivity index (χ0v) is 26.2. The number of halogens is 2. The van der Waals surface area contributed by atoms with Gasteiger partial charge in [0.2, 0.25) is 0 Å². The highest BCUT2D eigenvalue weighted by atomic mass is 35.5. The van der Waals surface area contributed by atoms with Crippen LogP contribution in [0, 0.1) is 0 Å². The van der Waals surface area contributed by atoms with Crippen molar-refractivity contribution in [1.29, 1.82) is 0 Å². The number of Topliss-reactive ketones (excluding diaryl/α,β-unsaturated/α-hetero) is 2. The van der Waals surface area contributed by atoms with Gasteiger partial charge in [-0.15, -0.1) is 0 Å². The van der Waals surface area contributed by atoms with Crippen molar-refractivity contribution in [2.24, 2.45) is 0 Å². The van der Waals surface area contributed by atoms with Gasteiger partial charge in [0.25, 0.3) is 0 Å². The van der Waals surface area contributed by atoms with Gasteiger partial charge in [0, 0.05) is 36.4 Å². The van der Waals surface area contributed by atoms with Crippen LogP contribution in [0.4, 0.5) is 9.59 Å². The Bertz CT molecular complexity index is 882. The Morgan fingerprint density at radius 3 is 1.18 bits per heavy atom. The minimum Gasteiger partial charge on any atom is -0.328 e. The molecule has 0 saturated heterocycles. The van der Waals surface area contributed by atoms with E-state index in [0.29, 0.717) is 41.6 Å². The predicted octanol–water partition coefficient (Wildman–Crippen LogP) is 8.98. The Labute approximate surface area is 246 Å². The molecule has 2 amide bonds. The van der Waals surface area contributed by atoms with Crippen LogP contribution in [0.15, 0.2) is 22.3 Å². The lowest BCUT2D eigenvalue weighted by Gasteiger charge is -2.28. The van der Waals surface area contributed by atoms with Crippen LogP contribution < -0.4 is 0 Å². The van der Waals surface area contributed by atoms with Gasteiger partial charge in [-0.1, -0.05) is 104 Å². The SMILES string of the molecule is CCCCCCCCCCCCCCCCC1=C(CN(C)C(=O)Cl)C(=O)C(CCC)=C(CN(C)C(=O)Cl)C1=O. The second-order valence-electron chi connectivity index (χ2n) is 10.9. The maximum Gasteiger partial charge on any atom is 0.316 e. The van der Waals surface area contributed by atoms with Gasteiger partial charge >= 0.3 is 10.7 Å². The standard InChI is InChI=1S/C31H50Cl2N2O4/c1-5-7-8-9-10-11-12-13-14-15-16-17-18-19-21-25-27(23-35(4)31(33)39)28(36)24(20-6-2)26(29(25)37)22-34(3)30(32)38/h5-23H2,1-4H3. The van der Waals surface area contributed by atoms with Crippen LogP contribution in [-0.2, 0) is 9.59 Å². The van der Waals surface area contributed by atoms with E-state index >= 15 is 0 Å². The van der Waals surface area contributed by atoms with Crippen LogP contribution in [0.2, 0.25) is 0 Å². The molecule has 0 aromatic carbocycles. The Morgan fingerprint density at radius 2 is 0.846 bits per heavy atom. The van der Waals surface area contributed by atoms with Crippen molar-refractivity contribution in [3.63, 3.8) is 0 Å². The minimum atomic E-state index is -0.686. The van der Waals surface area contributed by atoms with Crippen molar-refractivity contribution in [1.82, 2.24) is 9.80 Å². The first-order chi connectivity index (χ1) is 18.6. The summed E-state index contributed by atoms with van der Waals surface area (Å²) >= 11 is 11.3. The molecule has 39 heavy (non-hydrogen) atoms. The Hall–Kier alpha value is -1.66. The summed E-state index contributed by atoms with van der Waals surface area (Å²) in [6, 6.07) is 0. The molecule has 6 nitrogen and oxygen atoms in total. The number of nitrogens with zero attached hydrogens (tertiary/aromatic N) is 2. The highest BCUT2D eigenvalue weighted by Crippen LogP contribution is 2.32. The molecule has 222 valence electrons. The van der Waals surface area contributed by atoms with Crippen LogP contribution >= 0.6 is 23.2 Å². The number of likely N-dealkylation sites (N-methyl/N-ethyl adjacent to an activating group) is 2. The number of carbonyl (C=O) groups excluding carboxylic acids is 4. The van der Waals surface area contributed by atoms with Crippen LogP contribution in [0.1, 0.15) is 123 Å². The lowest BCUT2D eigenvalue weighted by Crippen LogP contribution is -2.36. The Balaban J connectivity index is 2.70. The first-order valence-corrected chi connectivity index (χ1v) is 15.8. The number of allylic oxidation sites excluding steroid dienone is 2. The summed E-state index contributed by atoms with van der Waals surface area (Å²) in [5.74, 6) is -0.449. The maximum atomic E-state index is 13.7. The van der Waals surface area contributed by atoms with E-state index in [-0.39, 0.29) is 24.7 Å². The monoisotopic (exact) mass is 584 g/mol. The molecule has 0 bridgehead atoms. The summed E-state index contributed by atoms with van der Waals surface area (Å²) in [6.07, 6.45) is 18.8. The van der Waals surface area contributed by atoms with Crippen molar-refractivity contribution in [2.75, 3.05) is 27.2 Å². The van der Waals surface area contributed by atoms with E-state index in [1.165, 1.54) is 94.5 Å². The molecule has 0 aromatic heterocycles. The number of hydrogen-bond donors (Lipinski definition) is 0. The molecule has 8 heteroatoms. The molecule has 0 spiro atoms. The summed E-state index contributed by atoms with van der Waals surface area (Å²) in [6.45, 7) is 4.16. The number of amides is 2. The number of hydrogen-bond acceptors (Lipinski definition) is 4. The van der Waals surface area contributed by atoms with Gasteiger partial charge in [0.15, 0.2) is 11.6 Å². The number of unbranched alkanes of at least 4 members (excludes halogenated alkanes) is 13. The van der Waals surface area contributed by atoms with Gasteiger partial charge < -0.3 is 9.80 Å². The predicted molar refractivity (Wildman–Crippen MR) is 162 cm³/mol. The zero-order valence-electron chi connectivity index (χ0n) is 24.7. The van der Waals surface area contributed by atoms with Gasteiger partial charge in [-0.05, 0) is 42.5 Å². The summed E-state index contributed by atoms with van der Waals surface area (Å²) in [4.78, 5) is 53.1. The van der Waals surface area contributed by atoms with Crippen LogP contribution in [0.3, 0.4) is 0 Å². The lowest BCUT2D eigenvalue weighted by atomic mass is 9.80. The van der Waals surface area contributed by atoms with E-state index in [9.17, 15) is 19.2 Å². The van der Waals surface area contributed by atoms with E-state index in [1.54, 1.807) is 0 Å². The molecule has 0 heterocycles. The van der Waals surface area contributed by atoms with E-state index in [4.69, 9.17) is 23.2 Å². The van der Waals surface area contributed by atoms with Crippen LogP contribution in [0.25, 0.3) is 0 Å². The topological polar surface area (TPSA) is 74.8 Å². The van der Waals surface area contributed by atoms with Gasteiger partial charge in [-0.25, -0.2) is 0 Å². The molecule has 0 aliphatic heterocycles. The highest BCUT2D eigenvalue weighted by Gasteiger charge is 2.35. The molecule has 0 N–H and O–H groups in total. The fraction of sp³-hybridized carbons (Fsp3) is 0.742. The fourth-order valence-corrected chi connectivity index (χ4v) is 5.24. The van der Waals surface area contributed by atoms with Crippen molar-refractivity contribution in [3.05, 3.63) is 22.3 Å². The molecule has 1 aliphatic carbocycles. The van der Waals surface area contributed by atoms with Crippen molar-refractivity contribution < 1.29 is 19.2 Å². The molecule has 1 aliphatic rings. The quantitative estimate of drug-likeness (QED) is 0.0583. The first kappa shape index (κ1) is 35.4. The summed E-state index contributed by atoms with van der Waals surface area (Å²) < 4.78 is 0. The van der Waals surface area contributed by atoms with Crippen molar-refractivity contribution in [3.8, 4) is 0 Å². The third-order valence-corrected chi connectivity index (χ3v) is 8.07. The first-order valence-electron chi connectivity index (χ1n) is 15.0. The Kier molecular flexibility index (Phi) is 18.4. The molecular weight excluding hydrogens is 535 g/mol. The van der Waals surface area contributed by atoms with Gasteiger partial charge in [0.05, 0.1) is 13.1 Å². The van der Waals surface area contributed by atoms with Gasteiger partial charge in [-0.2, -0.15) is 0 Å². The minimum absolute atomic E-state index is 0.00832. The number of carbonyl (C=O) groups is 4. The zero-order chi connectivity index (χ0) is 29.2. The average molecular weight is 586 g/mol. The third kappa shape index (κ3) is 13.0. The van der Waals surface area contributed by atoms with Crippen molar-refractivity contribution in [2.45, 2.75) is 123 Å². The van der Waals surface area contributed by atoms with Crippen molar-refractivity contribution >= 4 is 45.5 Å². The number of rotatable bonds is 21. The van der Waals surface area contributed by atoms with E-state index in [1.807, 2.05) is 6.92 Å². The van der Waals surface area contributed by atoms with Crippen LogP contribution in [0.5, 0.6) is 0 Å². The van der Waals surface area contributed by atoms with E-state index in [2.05, 4.69) is 6.92 Å². The largest absolute Gasteiger partial charge is 0.328 e. The Morgan fingerprint density at radius 1 is 0.513 bits per heavy atom. The second-order valence-corrected chi connectivity index (χ2v) is 11.5. The third-order valence-electron chi connectivity index (χ3n) is 7.50. The average Bonchev–Trinajstić information content (AvgIpc) is 2.90. The molecule has 1 rings (SSSR count).